The van der Waals surface area contributed by atoms with Gasteiger partial charge in [0.25, 0.3) is 15.9 Å². The van der Waals surface area contributed by atoms with Gasteiger partial charge >= 0.3 is 0 Å². The first kappa shape index (κ1) is 20.7. The van der Waals surface area contributed by atoms with E-state index in [1.54, 1.807) is 42.5 Å². The topological polar surface area (TPSA) is 92.3 Å². The number of para-hydroxylation sites is 1. The molecule has 7 nitrogen and oxygen atoms in total. The Kier molecular flexibility index (Phi) is 5.79. The number of carbonyl (C=O) groups excluding carboxylic acids is 1. The Balaban J connectivity index is 1.60. The predicted molar refractivity (Wildman–Crippen MR) is 122 cm³/mol. The highest BCUT2D eigenvalue weighted by Crippen LogP contribution is 2.29. The highest BCUT2D eigenvalue weighted by Gasteiger charge is 2.25. The molecule has 1 aromatic heterocycles. The summed E-state index contributed by atoms with van der Waals surface area (Å²) in [4.78, 5) is 13.1. The second-order valence-corrected chi connectivity index (χ2v) is 9.48. The van der Waals surface area contributed by atoms with Gasteiger partial charge in [0.2, 0.25) is 5.13 Å². The van der Waals surface area contributed by atoms with Gasteiger partial charge in [-0.1, -0.05) is 72.0 Å². The summed E-state index contributed by atoms with van der Waals surface area (Å²) in [6, 6.07) is 24.1. The van der Waals surface area contributed by atoms with Gasteiger partial charge in [0, 0.05) is 12.6 Å². The first-order valence-corrected chi connectivity index (χ1v) is 11.6. The largest absolute Gasteiger partial charge is 0.296 e. The zero-order chi connectivity index (χ0) is 21.8. The van der Waals surface area contributed by atoms with Gasteiger partial charge in [0.1, 0.15) is 5.01 Å². The third kappa shape index (κ3) is 4.32. The van der Waals surface area contributed by atoms with Crippen molar-refractivity contribution in [2.75, 3.05) is 16.7 Å². The molecule has 0 saturated heterocycles. The summed E-state index contributed by atoms with van der Waals surface area (Å²) in [6.07, 6.45) is 0. The number of anilines is 2. The Hall–Kier alpha value is -3.56. The molecule has 156 valence electrons. The quantitative estimate of drug-likeness (QED) is 0.473. The molecule has 4 aromatic rings. The highest BCUT2D eigenvalue weighted by atomic mass is 32.2. The molecule has 9 heteroatoms. The molecule has 0 aliphatic rings. The second-order valence-electron chi connectivity index (χ2n) is 6.54. The first-order chi connectivity index (χ1) is 15.0. The molecule has 1 heterocycles. The van der Waals surface area contributed by atoms with E-state index in [4.69, 9.17) is 0 Å². The molecule has 1 amide bonds. The molecule has 0 unspecified atom stereocenters. The Morgan fingerprint density at radius 2 is 1.48 bits per heavy atom. The number of hydrogen-bond acceptors (Lipinski definition) is 6. The van der Waals surface area contributed by atoms with Crippen LogP contribution >= 0.6 is 11.3 Å². The van der Waals surface area contributed by atoms with Crippen LogP contribution in [0.2, 0.25) is 0 Å². The fourth-order valence-electron chi connectivity index (χ4n) is 2.96. The number of nitrogens with one attached hydrogen (secondary N) is 1. The minimum atomic E-state index is -3.82. The van der Waals surface area contributed by atoms with Gasteiger partial charge in [-0.15, -0.1) is 10.2 Å². The third-order valence-corrected chi connectivity index (χ3v) is 7.23. The summed E-state index contributed by atoms with van der Waals surface area (Å²) in [5, 5.41) is 11.9. The number of benzene rings is 3. The summed E-state index contributed by atoms with van der Waals surface area (Å²) in [5.41, 5.74) is 1.37. The van der Waals surface area contributed by atoms with E-state index in [1.165, 1.54) is 30.5 Å². The number of aromatic nitrogens is 2. The minimum absolute atomic E-state index is 0.143. The molecule has 1 N–H and O–H groups in total. The summed E-state index contributed by atoms with van der Waals surface area (Å²) in [7, 11) is -2.40. The van der Waals surface area contributed by atoms with Gasteiger partial charge in [-0.2, -0.15) is 0 Å². The molecular weight excluding hydrogens is 432 g/mol. The van der Waals surface area contributed by atoms with Crippen LogP contribution in [0.4, 0.5) is 10.8 Å². The SMILES string of the molecule is CN(c1ccccc1C(=O)Nc1nnc(-c2ccccc2)s1)S(=O)(=O)c1ccccc1. The molecular formula is C22H18N4O3S2. The maximum Gasteiger partial charge on any atom is 0.264 e. The smallest absolute Gasteiger partial charge is 0.264 e. The van der Waals surface area contributed by atoms with Gasteiger partial charge in [-0.05, 0) is 24.3 Å². The number of amides is 1. The lowest BCUT2D eigenvalue weighted by Crippen LogP contribution is -2.29. The van der Waals surface area contributed by atoms with Gasteiger partial charge in [-0.3, -0.25) is 14.4 Å². The average Bonchev–Trinajstić information content (AvgIpc) is 3.28. The van der Waals surface area contributed by atoms with Crippen molar-refractivity contribution in [1.29, 1.82) is 0 Å². The standard InChI is InChI=1S/C22H18N4O3S2/c1-26(31(28,29)17-12-6-3-7-13-17)19-15-9-8-14-18(19)20(27)23-22-25-24-21(30-22)16-10-4-2-5-11-16/h2-15H,1H3,(H,23,25,27). The minimum Gasteiger partial charge on any atom is -0.296 e. The Labute approximate surface area is 184 Å². The number of sulfonamides is 1. The van der Waals surface area contributed by atoms with E-state index in [2.05, 4.69) is 15.5 Å². The average molecular weight is 451 g/mol. The molecule has 0 aliphatic heterocycles. The molecule has 0 radical (unpaired) electrons. The number of carbonyl (C=O) groups is 1. The van der Waals surface area contributed by atoms with E-state index in [9.17, 15) is 13.2 Å². The van der Waals surface area contributed by atoms with E-state index in [0.29, 0.717) is 10.1 Å². The maximum atomic E-state index is 13.0. The Morgan fingerprint density at radius 1 is 0.871 bits per heavy atom. The van der Waals surface area contributed by atoms with Crippen molar-refractivity contribution in [3.05, 3.63) is 90.5 Å². The van der Waals surface area contributed by atoms with Gasteiger partial charge in [-0.25, -0.2) is 8.42 Å². The van der Waals surface area contributed by atoms with Crippen LogP contribution < -0.4 is 9.62 Å². The fourth-order valence-corrected chi connectivity index (χ4v) is 4.94. The maximum absolute atomic E-state index is 13.0. The second kappa shape index (κ2) is 8.66. The lowest BCUT2D eigenvalue weighted by atomic mass is 10.1. The molecule has 0 fully saturated rings. The zero-order valence-electron chi connectivity index (χ0n) is 16.5. The lowest BCUT2D eigenvalue weighted by molar-refractivity contribution is 0.102. The van der Waals surface area contributed by atoms with Crippen molar-refractivity contribution in [2.24, 2.45) is 0 Å². The highest BCUT2D eigenvalue weighted by molar-refractivity contribution is 7.92. The Bertz CT molecular complexity index is 1310. The van der Waals surface area contributed by atoms with E-state index in [1.807, 2.05) is 30.3 Å². The van der Waals surface area contributed by atoms with Crippen LogP contribution in [0.15, 0.2) is 89.8 Å². The molecule has 0 atom stereocenters. The molecule has 0 bridgehead atoms. The van der Waals surface area contributed by atoms with Crippen molar-refractivity contribution in [1.82, 2.24) is 10.2 Å². The Morgan fingerprint density at radius 3 is 2.19 bits per heavy atom. The molecule has 0 spiro atoms. The normalized spacial score (nSPS) is 11.1. The van der Waals surface area contributed by atoms with Crippen LogP contribution in [0.1, 0.15) is 10.4 Å². The summed E-state index contributed by atoms with van der Waals surface area (Å²) in [6.45, 7) is 0. The first-order valence-electron chi connectivity index (χ1n) is 9.30. The molecule has 3 aromatic carbocycles. The van der Waals surface area contributed by atoms with Crippen LogP contribution in [0.3, 0.4) is 0 Å². The lowest BCUT2D eigenvalue weighted by Gasteiger charge is -2.21. The molecule has 31 heavy (non-hydrogen) atoms. The van der Waals surface area contributed by atoms with Crippen molar-refractivity contribution in [3.63, 3.8) is 0 Å². The molecule has 0 saturated carbocycles. The van der Waals surface area contributed by atoms with E-state index < -0.39 is 15.9 Å². The summed E-state index contributed by atoms with van der Waals surface area (Å²) < 4.78 is 27.1. The van der Waals surface area contributed by atoms with Gasteiger partial charge < -0.3 is 0 Å². The van der Waals surface area contributed by atoms with Gasteiger partial charge in [0.05, 0.1) is 16.1 Å². The predicted octanol–water partition coefficient (Wildman–Crippen LogP) is 4.28. The van der Waals surface area contributed by atoms with Crippen LogP contribution in [0.25, 0.3) is 10.6 Å². The summed E-state index contributed by atoms with van der Waals surface area (Å²) in [5.74, 6) is -0.471. The van der Waals surface area contributed by atoms with Crippen LogP contribution in [-0.4, -0.2) is 31.6 Å². The van der Waals surface area contributed by atoms with Crippen LogP contribution in [0.5, 0.6) is 0 Å². The molecule has 0 aliphatic carbocycles. The van der Waals surface area contributed by atoms with Crippen molar-refractivity contribution in [3.8, 4) is 10.6 Å². The zero-order valence-corrected chi connectivity index (χ0v) is 18.1. The summed E-state index contributed by atoms with van der Waals surface area (Å²) >= 11 is 1.24. The van der Waals surface area contributed by atoms with Crippen LogP contribution in [0, 0.1) is 0 Å². The monoisotopic (exact) mass is 450 g/mol. The van der Waals surface area contributed by atoms with Crippen molar-refractivity contribution in [2.45, 2.75) is 4.90 Å². The number of rotatable bonds is 6. The van der Waals surface area contributed by atoms with E-state index in [0.717, 1.165) is 9.87 Å². The third-order valence-electron chi connectivity index (χ3n) is 4.56. The van der Waals surface area contributed by atoms with E-state index in [-0.39, 0.29) is 16.1 Å². The van der Waals surface area contributed by atoms with Crippen molar-refractivity contribution < 1.29 is 13.2 Å². The molecule has 4 rings (SSSR count). The van der Waals surface area contributed by atoms with E-state index >= 15 is 0 Å². The van der Waals surface area contributed by atoms with Crippen LogP contribution in [-0.2, 0) is 10.0 Å². The van der Waals surface area contributed by atoms with Crippen molar-refractivity contribution >= 4 is 38.1 Å². The number of hydrogen-bond donors (Lipinski definition) is 1. The van der Waals surface area contributed by atoms with Gasteiger partial charge in [0.15, 0.2) is 0 Å². The number of nitrogens with zero attached hydrogens (tertiary/aromatic N) is 3. The fraction of sp³-hybridized carbons (Fsp3) is 0.0455.